The summed E-state index contributed by atoms with van der Waals surface area (Å²) in [6, 6.07) is 29.6. The monoisotopic (exact) mass is 1090 g/mol. The van der Waals surface area contributed by atoms with Gasteiger partial charge in [0.05, 0.1) is 17.9 Å². The fourth-order valence-corrected chi connectivity index (χ4v) is 8.20. The van der Waals surface area contributed by atoms with Crippen molar-refractivity contribution in [2.75, 3.05) is 5.73 Å². The summed E-state index contributed by atoms with van der Waals surface area (Å²) in [6.07, 6.45) is -0.0528. The summed E-state index contributed by atoms with van der Waals surface area (Å²) >= 11 is 4.30. The number of halogens is 2. The van der Waals surface area contributed by atoms with Crippen LogP contribution >= 0.6 is 45.2 Å². The smallest absolute Gasteiger partial charge is 0.310 e. The number of nitrogens with zero attached hydrogens (tertiary/aromatic N) is 6. The van der Waals surface area contributed by atoms with Crippen molar-refractivity contribution >= 4 is 108 Å². The summed E-state index contributed by atoms with van der Waals surface area (Å²) in [7, 11) is -2.63. The number of carbonyl (C=O) groups excluding carboxylic acids is 4. The van der Waals surface area contributed by atoms with Crippen LogP contribution in [-0.2, 0) is 46.9 Å². The van der Waals surface area contributed by atoms with E-state index in [1.165, 1.54) is 11.1 Å². The number of esters is 1. The Hall–Kier alpha value is -4.63. The van der Waals surface area contributed by atoms with Gasteiger partial charge in [0.25, 0.3) is 17.6 Å². The van der Waals surface area contributed by atoms with E-state index < -0.39 is 39.7 Å². The summed E-state index contributed by atoms with van der Waals surface area (Å²) in [5.41, 5.74) is 11.5. The zero-order chi connectivity index (χ0) is 45.6. The second-order valence-electron chi connectivity index (χ2n) is 18.0. The number of hydrogen-bond donors (Lipinski definition) is 1. The predicted octanol–water partition coefficient (Wildman–Crippen LogP) is 9.70. The van der Waals surface area contributed by atoms with Crippen LogP contribution in [0.15, 0.2) is 94.2 Å². The Morgan fingerprint density at radius 1 is 0.726 bits per heavy atom. The van der Waals surface area contributed by atoms with Crippen LogP contribution in [0.3, 0.4) is 0 Å². The number of hydrogen-bond acceptors (Lipinski definition) is 10. The summed E-state index contributed by atoms with van der Waals surface area (Å²) < 4.78 is 15.8. The SMILES string of the molecule is CC(C)(C)OC(=O)Cc1ccc(I)cc1C(=O)C(=O)N1Cc2ccccc2C1.C[Si](C)(C)N=C=N[Si](C)(C)C.Nc1nc(C(=O)N2Cc3ccccc3C2)c2cc(I)ccc2n1. The molecule has 0 saturated carbocycles. The molecule has 0 unspecified atom stereocenters. The van der Waals surface area contributed by atoms with E-state index in [4.69, 9.17) is 10.5 Å². The van der Waals surface area contributed by atoms with Crippen molar-refractivity contribution in [2.24, 2.45) is 9.32 Å². The van der Waals surface area contributed by atoms with E-state index in [1.54, 1.807) is 42.7 Å². The number of anilines is 1. The standard InChI is InChI=1S/C22H22INO4.C17H13IN4O.C7H18N2Si2/c1-22(2,3)28-19(25)10-14-8-9-17(23)11-18(14)20(26)21(27)24-12-15-6-4-5-7-16(15)13-24;18-12-5-6-14-13(7-12)15(21-17(19)20-14)16(23)22-8-10-3-1-2-4-11(10)9-22;1-10(2,3)8-7-9-11(4,5)6/h4-9,11H,10,12-13H2,1-3H3;1-7H,8-9H2,(H2,19,20,21);1-6H3. The fraction of sp³-hybridized carbons (Fsp3) is 0.326. The molecular weight excluding hydrogens is 1040 g/mol. The van der Waals surface area contributed by atoms with Crippen molar-refractivity contribution in [2.45, 2.75) is 98.3 Å². The number of nitrogens with two attached hydrogens (primary N) is 1. The maximum absolute atomic E-state index is 13.0. The fourth-order valence-electron chi connectivity index (χ4n) is 6.42. The molecule has 62 heavy (non-hydrogen) atoms. The van der Waals surface area contributed by atoms with E-state index in [-0.39, 0.29) is 23.8 Å². The van der Waals surface area contributed by atoms with Gasteiger partial charge in [-0.25, -0.2) is 9.97 Å². The third kappa shape index (κ3) is 13.9. The van der Waals surface area contributed by atoms with Crippen molar-refractivity contribution < 1.29 is 23.9 Å². The van der Waals surface area contributed by atoms with Gasteiger partial charge in [-0.1, -0.05) is 54.6 Å². The highest BCUT2D eigenvalue weighted by Crippen LogP contribution is 2.28. The van der Waals surface area contributed by atoms with Crippen LogP contribution in [-0.4, -0.2) is 71.4 Å². The maximum Gasteiger partial charge on any atom is 0.310 e. The van der Waals surface area contributed by atoms with Gasteiger partial charge in [0.15, 0.2) is 16.5 Å². The molecule has 12 nitrogen and oxygen atoms in total. The molecule has 0 saturated heterocycles. The number of aromatic nitrogens is 2. The van der Waals surface area contributed by atoms with Crippen molar-refractivity contribution in [1.29, 1.82) is 0 Å². The number of carbonyl (C=O) groups is 4. The van der Waals surface area contributed by atoms with Crippen LogP contribution in [0.1, 0.15) is 69.4 Å². The molecular formula is C46H53I2N7O5Si2. The molecule has 2 N–H and O–H groups in total. The average Bonchev–Trinajstić information content (AvgIpc) is 3.81. The molecule has 2 amide bonds. The molecule has 0 atom stereocenters. The first kappa shape index (κ1) is 48.4. The van der Waals surface area contributed by atoms with Crippen molar-refractivity contribution in [3.05, 3.63) is 131 Å². The van der Waals surface area contributed by atoms with Gasteiger partial charge < -0.3 is 20.3 Å². The largest absolute Gasteiger partial charge is 0.460 e. The third-order valence-electron chi connectivity index (χ3n) is 9.17. The lowest BCUT2D eigenvalue weighted by Gasteiger charge is -2.20. The lowest BCUT2D eigenvalue weighted by Crippen LogP contribution is -2.33. The number of nitrogen functional groups attached to an aromatic ring is 1. The molecule has 16 heteroatoms. The molecule has 2 aliphatic heterocycles. The molecule has 0 aliphatic carbocycles. The van der Waals surface area contributed by atoms with E-state index in [0.717, 1.165) is 23.7 Å². The van der Waals surface area contributed by atoms with Crippen molar-refractivity contribution in [3.8, 4) is 0 Å². The van der Waals surface area contributed by atoms with E-state index in [1.807, 2.05) is 60.7 Å². The van der Waals surface area contributed by atoms with Crippen LogP contribution in [0.25, 0.3) is 10.9 Å². The molecule has 0 fully saturated rings. The second-order valence-corrected chi connectivity index (χ2v) is 29.6. The Morgan fingerprint density at radius 2 is 1.21 bits per heavy atom. The quantitative estimate of drug-likeness (QED) is 0.0421. The van der Waals surface area contributed by atoms with E-state index in [9.17, 15) is 19.2 Å². The van der Waals surface area contributed by atoms with Gasteiger partial charge in [-0.15, -0.1) is 0 Å². The van der Waals surface area contributed by atoms with E-state index in [2.05, 4.69) is 122 Å². The second kappa shape index (κ2) is 20.3. The average molecular weight is 1090 g/mol. The first-order valence-corrected chi connectivity index (χ1v) is 29.2. The van der Waals surface area contributed by atoms with E-state index in [0.29, 0.717) is 43.0 Å². The van der Waals surface area contributed by atoms with Crippen LogP contribution < -0.4 is 5.73 Å². The van der Waals surface area contributed by atoms with Gasteiger partial charge in [0.1, 0.15) is 11.3 Å². The number of Topliss-reactive ketones (excluding diaryl/α,β-unsaturated/α-hetero) is 1. The summed E-state index contributed by atoms with van der Waals surface area (Å²) in [5.74, 6) is -1.56. The molecule has 0 radical (unpaired) electrons. The third-order valence-corrected chi connectivity index (χ3v) is 12.1. The molecule has 3 heterocycles. The summed E-state index contributed by atoms with van der Waals surface area (Å²) in [5, 5.41) is 0.743. The van der Waals surface area contributed by atoms with Crippen LogP contribution in [0.4, 0.5) is 5.95 Å². The number of rotatable bonds is 7. The number of benzene rings is 4. The lowest BCUT2D eigenvalue weighted by molar-refractivity contribution is -0.153. The Morgan fingerprint density at radius 3 is 1.71 bits per heavy atom. The highest BCUT2D eigenvalue weighted by molar-refractivity contribution is 14.1. The number of ether oxygens (including phenoxy) is 1. The first-order valence-electron chi connectivity index (χ1n) is 20.1. The lowest BCUT2D eigenvalue weighted by atomic mass is 10.00. The Bertz CT molecular complexity index is 2510. The zero-order valence-corrected chi connectivity index (χ0v) is 43.0. The summed E-state index contributed by atoms with van der Waals surface area (Å²) in [4.78, 5) is 62.8. The minimum atomic E-state index is -1.31. The van der Waals surface area contributed by atoms with Crippen LogP contribution in [0, 0.1) is 7.14 Å². The Balaban J connectivity index is 0.000000192. The molecule has 7 rings (SSSR count). The zero-order valence-electron chi connectivity index (χ0n) is 36.7. The topological polar surface area (TPSA) is 161 Å². The van der Waals surface area contributed by atoms with Crippen molar-refractivity contribution in [3.63, 3.8) is 0 Å². The summed E-state index contributed by atoms with van der Waals surface area (Å²) in [6.45, 7) is 20.5. The minimum Gasteiger partial charge on any atom is -0.460 e. The maximum atomic E-state index is 13.0. The molecule has 0 bridgehead atoms. The van der Waals surface area contributed by atoms with Gasteiger partial charge in [-0.2, -0.15) is 0 Å². The normalized spacial score (nSPS) is 13.1. The Labute approximate surface area is 393 Å². The van der Waals surface area contributed by atoms with Gasteiger partial charge >= 0.3 is 5.97 Å². The predicted molar refractivity (Wildman–Crippen MR) is 267 cm³/mol. The van der Waals surface area contributed by atoms with Crippen LogP contribution in [0.2, 0.25) is 39.3 Å². The molecule has 0 spiro atoms. The molecule has 5 aromatic rings. The van der Waals surface area contributed by atoms with Gasteiger partial charge in [-0.05, 0) is 163 Å². The van der Waals surface area contributed by atoms with Crippen molar-refractivity contribution in [1.82, 2.24) is 19.8 Å². The van der Waals surface area contributed by atoms with Gasteiger partial charge in [-0.3, -0.25) is 28.5 Å². The van der Waals surface area contributed by atoms with Crippen LogP contribution in [0.5, 0.6) is 0 Å². The highest BCUT2D eigenvalue weighted by Gasteiger charge is 2.31. The number of ketones is 1. The molecule has 1 aromatic heterocycles. The molecule has 4 aromatic carbocycles. The number of amides is 2. The Kier molecular flexibility index (Phi) is 15.8. The first-order chi connectivity index (χ1) is 29.0. The van der Waals surface area contributed by atoms with Gasteiger partial charge in [0.2, 0.25) is 5.95 Å². The molecule has 2 aliphatic rings. The highest BCUT2D eigenvalue weighted by atomic mass is 127. The number of fused-ring (bicyclic) bond motifs is 3. The molecule has 324 valence electrons. The minimum absolute atomic E-state index is 0.0528. The van der Waals surface area contributed by atoms with Gasteiger partial charge in [0, 0.05) is 44.3 Å². The van der Waals surface area contributed by atoms with E-state index >= 15 is 0 Å².